The maximum atomic E-state index is 14.2. The lowest BCUT2D eigenvalue weighted by atomic mass is 9.70. The normalized spacial score (nSPS) is 27.2. The smallest absolute Gasteiger partial charge is 0.248 e. The van der Waals surface area contributed by atoms with Gasteiger partial charge in [-0.2, -0.15) is 0 Å². The van der Waals surface area contributed by atoms with Crippen molar-refractivity contribution in [2.24, 2.45) is 11.8 Å². The number of nitrogens with one attached hydrogen (secondary N) is 2. The SMILES string of the molecule is CCOc1ccc(NC(=O)[C@H]2[C@H]3C(=O)N(CCCCO)C(C(=O)Nc4ccc(N(CC)CC)cc4)C34CC(Br)[C@@H]2S4)cc1. The van der Waals surface area contributed by atoms with Gasteiger partial charge >= 0.3 is 0 Å². The highest BCUT2D eigenvalue weighted by molar-refractivity contribution is 9.09. The summed E-state index contributed by atoms with van der Waals surface area (Å²) in [4.78, 5) is 46.0. The summed E-state index contributed by atoms with van der Waals surface area (Å²) < 4.78 is 4.78. The number of benzene rings is 2. The summed E-state index contributed by atoms with van der Waals surface area (Å²) in [5, 5.41) is 15.4. The van der Waals surface area contributed by atoms with E-state index in [0.29, 0.717) is 43.8 Å². The van der Waals surface area contributed by atoms with Crippen LogP contribution in [0, 0.1) is 11.8 Å². The molecule has 0 radical (unpaired) electrons. The topological polar surface area (TPSA) is 111 Å². The molecule has 0 saturated carbocycles. The molecule has 2 bridgehead atoms. The zero-order chi connectivity index (χ0) is 30.7. The van der Waals surface area contributed by atoms with E-state index in [2.05, 4.69) is 45.3 Å². The number of rotatable bonds is 13. The Labute approximate surface area is 266 Å². The molecular formula is C32H41BrN4O5S. The first-order valence-electron chi connectivity index (χ1n) is 15.2. The van der Waals surface area contributed by atoms with Gasteiger partial charge in [0.25, 0.3) is 0 Å². The zero-order valence-corrected chi connectivity index (χ0v) is 27.3. The second-order valence-electron chi connectivity index (χ2n) is 11.3. The highest BCUT2D eigenvalue weighted by Crippen LogP contribution is 2.67. The van der Waals surface area contributed by atoms with Crippen LogP contribution < -0.4 is 20.3 Å². The Balaban J connectivity index is 1.41. The van der Waals surface area contributed by atoms with Crippen LogP contribution in [0.1, 0.15) is 40.0 Å². The molecule has 2 aromatic carbocycles. The number of carbonyl (C=O) groups excluding carboxylic acids is 3. The van der Waals surface area contributed by atoms with Gasteiger partial charge in [0.1, 0.15) is 11.8 Å². The molecule has 5 rings (SSSR count). The third-order valence-electron chi connectivity index (χ3n) is 8.84. The maximum Gasteiger partial charge on any atom is 0.248 e. The molecule has 3 aliphatic rings. The minimum Gasteiger partial charge on any atom is -0.494 e. The van der Waals surface area contributed by atoms with Crippen LogP contribution in [0.2, 0.25) is 0 Å². The highest BCUT2D eigenvalue weighted by Gasteiger charge is 2.75. The van der Waals surface area contributed by atoms with Crippen LogP contribution >= 0.6 is 27.7 Å². The van der Waals surface area contributed by atoms with Gasteiger partial charge in [-0.15, -0.1) is 11.8 Å². The van der Waals surface area contributed by atoms with Crippen molar-refractivity contribution < 1.29 is 24.2 Å². The molecule has 43 heavy (non-hydrogen) atoms. The monoisotopic (exact) mass is 672 g/mol. The maximum absolute atomic E-state index is 14.2. The molecular weight excluding hydrogens is 632 g/mol. The lowest BCUT2D eigenvalue weighted by Crippen LogP contribution is -2.52. The fraction of sp³-hybridized carbons (Fsp3) is 0.531. The molecule has 3 saturated heterocycles. The number of likely N-dealkylation sites (tertiary alicyclic amines) is 1. The molecule has 3 amide bonds. The van der Waals surface area contributed by atoms with E-state index in [1.165, 1.54) is 0 Å². The van der Waals surface area contributed by atoms with Crippen molar-refractivity contribution in [3.05, 3.63) is 48.5 Å². The number of halogens is 1. The fourth-order valence-corrected chi connectivity index (χ4v) is 10.6. The molecule has 9 nitrogen and oxygen atoms in total. The minimum absolute atomic E-state index is 0.0137. The Hall–Kier alpha value is -2.76. The van der Waals surface area contributed by atoms with Crippen molar-refractivity contribution in [1.29, 1.82) is 0 Å². The van der Waals surface area contributed by atoms with Crippen molar-refractivity contribution in [2.45, 2.75) is 60.9 Å². The molecule has 3 heterocycles. The molecule has 3 fully saturated rings. The molecule has 1 spiro atoms. The number of amides is 3. The minimum atomic E-state index is -0.735. The number of fused-ring (bicyclic) bond motifs is 1. The summed E-state index contributed by atoms with van der Waals surface area (Å²) in [5.41, 5.74) is 2.38. The van der Waals surface area contributed by atoms with Crippen LogP contribution in [0.4, 0.5) is 17.1 Å². The van der Waals surface area contributed by atoms with Crippen LogP contribution in [-0.2, 0) is 14.4 Å². The number of unbranched alkanes of at least 4 members (excludes halogenated alkanes) is 1. The number of nitrogens with zero attached hydrogens (tertiary/aromatic N) is 2. The quantitative estimate of drug-likeness (QED) is 0.208. The Morgan fingerprint density at radius 1 is 1.02 bits per heavy atom. The summed E-state index contributed by atoms with van der Waals surface area (Å²) in [7, 11) is 0. The van der Waals surface area contributed by atoms with E-state index in [4.69, 9.17) is 4.74 Å². The van der Waals surface area contributed by atoms with Crippen molar-refractivity contribution in [1.82, 2.24) is 4.90 Å². The van der Waals surface area contributed by atoms with Gasteiger partial charge in [0.2, 0.25) is 17.7 Å². The second kappa shape index (κ2) is 13.5. The van der Waals surface area contributed by atoms with Crippen molar-refractivity contribution in [2.75, 3.05) is 48.4 Å². The van der Waals surface area contributed by atoms with Crippen molar-refractivity contribution in [3.8, 4) is 5.75 Å². The van der Waals surface area contributed by atoms with Gasteiger partial charge in [-0.3, -0.25) is 14.4 Å². The number of carbonyl (C=O) groups is 3. The third-order valence-corrected chi connectivity index (χ3v) is 12.1. The van der Waals surface area contributed by atoms with E-state index < -0.39 is 22.6 Å². The van der Waals surface area contributed by atoms with E-state index in [-0.39, 0.29) is 34.4 Å². The predicted molar refractivity (Wildman–Crippen MR) is 175 cm³/mol. The number of hydrogen-bond donors (Lipinski definition) is 3. The first-order valence-corrected chi connectivity index (χ1v) is 17.0. The summed E-state index contributed by atoms with van der Waals surface area (Å²) in [5.74, 6) is -1.10. The van der Waals surface area contributed by atoms with E-state index in [1.54, 1.807) is 28.8 Å². The number of ether oxygens (including phenoxy) is 1. The molecule has 6 atom stereocenters. The van der Waals surface area contributed by atoms with Crippen LogP contribution in [0.15, 0.2) is 48.5 Å². The van der Waals surface area contributed by atoms with Crippen LogP contribution in [0.5, 0.6) is 5.75 Å². The molecule has 232 valence electrons. The first kappa shape index (κ1) is 31.7. The summed E-state index contributed by atoms with van der Waals surface area (Å²) in [6.07, 6.45) is 1.71. The average molecular weight is 674 g/mol. The fourth-order valence-electron chi connectivity index (χ4n) is 6.95. The predicted octanol–water partition coefficient (Wildman–Crippen LogP) is 4.75. The van der Waals surface area contributed by atoms with Gasteiger partial charge in [-0.1, -0.05) is 15.9 Å². The Morgan fingerprint density at radius 2 is 1.65 bits per heavy atom. The van der Waals surface area contributed by atoms with Gasteiger partial charge in [0, 0.05) is 53.4 Å². The van der Waals surface area contributed by atoms with E-state index >= 15 is 0 Å². The van der Waals surface area contributed by atoms with E-state index in [0.717, 1.165) is 24.5 Å². The van der Waals surface area contributed by atoms with Crippen molar-refractivity contribution in [3.63, 3.8) is 0 Å². The standard InChI is InChI=1S/C32H41BrN4O5S/c1-4-36(5-2)22-13-9-20(10-14-22)35-30(40)28-32-19-24(33)27(43-32)25(26(32)31(41)37(28)17-7-8-18-38)29(39)34-21-11-15-23(16-12-21)42-6-3/h9-16,24-28,38H,4-8,17-19H2,1-3H3,(H,34,39)(H,35,40)/t24?,25-,26-,27-,28?,32?/m0/s1. The number of aliphatic hydroxyl groups excluding tert-OH is 1. The average Bonchev–Trinajstić information content (AvgIpc) is 3.59. The second-order valence-corrected chi connectivity index (χ2v) is 14.0. The summed E-state index contributed by atoms with van der Waals surface area (Å²) in [6.45, 7) is 8.81. The number of alkyl halides is 1. The van der Waals surface area contributed by atoms with E-state index in [1.807, 2.05) is 43.3 Å². The number of anilines is 3. The Bertz CT molecular complexity index is 1310. The zero-order valence-electron chi connectivity index (χ0n) is 24.9. The lowest BCUT2D eigenvalue weighted by Gasteiger charge is -2.35. The molecule has 3 unspecified atom stereocenters. The van der Waals surface area contributed by atoms with Gasteiger partial charge in [0.05, 0.1) is 23.2 Å². The summed E-state index contributed by atoms with van der Waals surface area (Å²) in [6, 6.07) is 14.3. The number of hydrogen-bond acceptors (Lipinski definition) is 7. The van der Waals surface area contributed by atoms with Gasteiger partial charge in [0.15, 0.2) is 0 Å². The number of aliphatic hydroxyl groups is 1. The molecule has 0 aliphatic carbocycles. The molecule has 3 aliphatic heterocycles. The third kappa shape index (κ3) is 6.00. The first-order chi connectivity index (χ1) is 20.8. The van der Waals surface area contributed by atoms with Gasteiger partial charge < -0.3 is 30.3 Å². The van der Waals surface area contributed by atoms with Crippen LogP contribution in [0.25, 0.3) is 0 Å². The number of thioether (sulfide) groups is 1. The van der Waals surface area contributed by atoms with Gasteiger partial charge in [-0.25, -0.2) is 0 Å². The van der Waals surface area contributed by atoms with Gasteiger partial charge in [-0.05, 0) is 88.6 Å². The summed E-state index contributed by atoms with van der Waals surface area (Å²) >= 11 is 5.43. The lowest BCUT2D eigenvalue weighted by molar-refractivity contribution is -0.138. The van der Waals surface area contributed by atoms with Crippen LogP contribution in [0.3, 0.4) is 0 Å². The molecule has 0 aromatic heterocycles. The van der Waals surface area contributed by atoms with Crippen LogP contribution in [-0.4, -0.2) is 81.4 Å². The highest BCUT2D eigenvalue weighted by atomic mass is 79.9. The Kier molecular flexibility index (Phi) is 9.93. The van der Waals surface area contributed by atoms with E-state index in [9.17, 15) is 19.5 Å². The Morgan fingerprint density at radius 3 is 2.26 bits per heavy atom. The molecule has 11 heteroatoms. The largest absolute Gasteiger partial charge is 0.494 e. The van der Waals surface area contributed by atoms with Crippen molar-refractivity contribution >= 4 is 62.5 Å². The molecule has 2 aromatic rings. The molecule has 3 N–H and O–H groups in total.